The van der Waals surface area contributed by atoms with Crippen molar-refractivity contribution in [3.8, 4) is 6.07 Å². The minimum Gasteiger partial charge on any atom is -0.298 e. The molecule has 1 aliphatic rings. The van der Waals surface area contributed by atoms with Crippen LogP contribution in [0.4, 0.5) is 0 Å². The Balaban J connectivity index is 1.85. The number of sulfone groups is 1. The van der Waals surface area contributed by atoms with E-state index in [0.717, 1.165) is 12.8 Å². The molecule has 20 heavy (non-hydrogen) atoms. The molecule has 2 rings (SSSR count). The topological polar surface area (TPSA) is 79.2 Å². The Morgan fingerprint density at radius 3 is 2.80 bits per heavy atom. The van der Waals surface area contributed by atoms with Crippen molar-refractivity contribution in [1.82, 2.24) is 5.48 Å². The molecule has 1 fully saturated rings. The molecule has 0 saturated heterocycles. The fraction of sp³-hybridized carbons (Fsp3) is 0.500. The predicted octanol–water partition coefficient (Wildman–Crippen LogP) is 1.80. The number of hydrogen-bond donors (Lipinski definition) is 1. The smallest absolute Gasteiger partial charge is 0.179 e. The first-order valence-corrected chi connectivity index (χ1v) is 8.38. The van der Waals surface area contributed by atoms with Crippen molar-refractivity contribution in [2.24, 2.45) is 0 Å². The van der Waals surface area contributed by atoms with Gasteiger partial charge in [-0.3, -0.25) is 4.84 Å². The van der Waals surface area contributed by atoms with E-state index in [4.69, 9.17) is 10.1 Å². The molecule has 1 N–H and O–H groups in total. The number of benzene rings is 1. The highest BCUT2D eigenvalue weighted by molar-refractivity contribution is 7.91. The zero-order valence-electron chi connectivity index (χ0n) is 11.2. The molecule has 0 unspecified atom stereocenters. The van der Waals surface area contributed by atoms with E-state index in [1.165, 1.54) is 25.0 Å². The SMILES string of the molecule is N#Cc1cccc(S(=O)(=O)CCNOC2CCCC2)c1. The molecule has 6 heteroatoms. The minimum atomic E-state index is -3.38. The van der Waals surface area contributed by atoms with Crippen LogP contribution in [-0.2, 0) is 14.7 Å². The van der Waals surface area contributed by atoms with Crippen molar-refractivity contribution >= 4 is 9.84 Å². The summed E-state index contributed by atoms with van der Waals surface area (Å²) in [6.07, 6.45) is 4.62. The van der Waals surface area contributed by atoms with Crippen molar-refractivity contribution in [3.63, 3.8) is 0 Å². The average molecular weight is 294 g/mol. The maximum Gasteiger partial charge on any atom is 0.179 e. The highest BCUT2D eigenvalue weighted by Crippen LogP contribution is 2.19. The zero-order chi connectivity index (χ0) is 14.4. The Hall–Kier alpha value is -1.42. The van der Waals surface area contributed by atoms with Crippen LogP contribution in [0.15, 0.2) is 29.2 Å². The van der Waals surface area contributed by atoms with Crippen LogP contribution in [0.5, 0.6) is 0 Å². The van der Waals surface area contributed by atoms with Crippen molar-refractivity contribution < 1.29 is 13.3 Å². The first kappa shape index (κ1) is 15.0. The lowest BCUT2D eigenvalue weighted by Gasteiger charge is -2.11. The van der Waals surface area contributed by atoms with Crippen LogP contribution in [0.25, 0.3) is 0 Å². The summed E-state index contributed by atoms with van der Waals surface area (Å²) in [7, 11) is -3.38. The minimum absolute atomic E-state index is 0.0470. The van der Waals surface area contributed by atoms with Gasteiger partial charge in [-0.15, -0.1) is 0 Å². The van der Waals surface area contributed by atoms with E-state index >= 15 is 0 Å². The number of hydroxylamine groups is 1. The number of hydrogen-bond acceptors (Lipinski definition) is 5. The molecule has 1 saturated carbocycles. The summed E-state index contributed by atoms with van der Waals surface area (Å²) in [4.78, 5) is 5.59. The Bertz CT molecular complexity index is 587. The Kier molecular flexibility index (Phi) is 5.12. The van der Waals surface area contributed by atoms with Crippen molar-refractivity contribution in [2.45, 2.75) is 36.7 Å². The monoisotopic (exact) mass is 294 g/mol. The molecule has 0 amide bonds. The molecule has 1 aliphatic carbocycles. The summed E-state index contributed by atoms with van der Waals surface area (Å²) in [6.45, 7) is 0.246. The number of nitriles is 1. The van der Waals surface area contributed by atoms with Gasteiger partial charge in [-0.05, 0) is 31.0 Å². The van der Waals surface area contributed by atoms with E-state index in [2.05, 4.69) is 5.48 Å². The third kappa shape index (κ3) is 4.04. The molecule has 0 atom stereocenters. The largest absolute Gasteiger partial charge is 0.298 e. The van der Waals surface area contributed by atoms with E-state index in [0.29, 0.717) is 5.56 Å². The van der Waals surface area contributed by atoms with Crippen molar-refractivity contribution in [3.05, 3.63) is 29.8 Å². The third-order valence-electron chi connectivity index (χ3n) is 3.35. The fourth-order valence-corrected chi connectivity index (χ4v) is 3.42. The summed E-state index contributed by atoms with van der Waals surface area (Å²) in [6, 6.07) is 8.00. The molecule has 1 aromatic carbocycles. The molecule has 108 valence electrons. The molecular formula is C14H18N2O3S. The van der Waals surface area contributed by atoms with Crippen molar-refractivity contribution in [2.75, 3.05) is 12.3 Å². The lowest BCUT2D eigenvalue weighted by Crippen LogP contribution is -2.27. The van der Waals surface area contributed by atoms with Crippen LogP contribution in [0, 0.1) is 11.3 Å². The Morgan fingerprint density at radius 1 is 1.35 bits per heavy atom. The second-order valence-electron chi connectivity index (χ2n) is 4.88. The fourth-order valence-electron chi connectivity index (χ4n) is 2.24. The maximum atomic E-state index is 12.1. The van der Waals surface area contributed by atoms with Gasteiger partial charge in [0, 0.05) is 6.54 Å². The lowest BCUT2D eigenvalue weighted by atomic mass is 10.2. The maximum absolute atomic E-state index is 12.1. The third-order valence-corrected chi connectivity index (χ3v) is 5.06. The van der Waals surface area contributed by atoms with E-state index in [-0.39, 0.29) is 23.3 Å². The van der Waals surface area contributed by atoms with Gasteiger partial charge in [-0.25, -0.2) is 13.9 Å². The first-order valence-electron chi connectivity index (χ1n) is 6.73. The molecule has 0 bridgehead atoms. The van der Waals surface area contributed by atoms with Gasteiger partial charge in [0.1, 0.15) is 0 Å². The molecule has 5 nitrogen and oxygen atoms in total. The average Bonchev–Trinajstić information content (AvgIpc) is 2.97. The van der Waals surface area contributed by atoms with Crippen LogP contribution in [0.2, 0.25) is 0 Å². The highest BCUT2D eigenvalue weighted by atomic mass is 32.2. The van der Waals surface area contributed by atoms with Crippen LogP contribution in [0.3, 0.4) is 0 Å². The van der Waals surface area contributed by atoms with Gasteiger partial charge in [-0.1, -0.05) is 18.9 Å². The Labute approximate surface area is 119 Å². The van der Waals surface area contributed by atoms with Crippen LogP contribution < -0.4 is 5.48 Å². The van der Waals surface area contributed by atoms with Crippen LogP contribution in [0.1, 0.15) is 31.2 Å². The second-order valence-corrected chi connectivity index (χ2v) is 6.99. The molecule has 1 aromatic rings. The van der Waals surface area contributed by atoms with Gasteiger partial charge < -0.3 is 0 Å². The van der Waals surface area contributed by atoms with Gasteiger partial charge in [0.05, 0.1) is 28.4 Å². The quantitative estimate of drug-likeness (QED) is 0.639. The summed E-state index contributed by atoms with van der Waals surface area (Å²) in [5.41, 5.74) is 3.09. The van der Waals surface area contributed by atoms with E-state index in [9.17, 15) is 8.42 Å². The van der Waals surface area contributed by atoms with Gasteiger partial charge >= 0.3 is 0 Å². The summed E-state index contributed by atoms with van der Waals surface area (Å²) < 4.78 is 24.2. The molecule has 0 aliphatic heterocycles. The van der Waals surface area contributed by atoms with Crippen molar-refractivity contribution in [1.29, 1.82) is 5.26 Å². The molecule has 0 radical (unpaired) electrons. The molecule has 0 aromatic heterocycles. The number of nitrogens with one attached hydrogen (secondary N) is 1. The molecular weight excluding hydrogens is 276 g/mol. The number of nitrogens with zero attached hydrogens (tertiary/aromatic N) is 1. The molecule has 0 heterocycles. The first-order chi connectivity index (χ1) is 9.62. The van der Waals surface area contributed by atoms with E-state index < -0.39 is 9.84 Å². The van der Waals surface area contributed by atoms with Gasteiger partial charge in [0.25, 0.3) is 0 Å². The second kappa shape index (κ2) is 6.84. The van der Waals surface area contributed by atoms with Gasteiger partial charge in [0.15, 0.2) is 9.84 Å². The van der Waals surface area contributed by atoms with Gasteiger partial charge in [0.2, 0.25) is 0 Å². The normalized spacial score (nSPS) is 16.1. The molecule has 0 spiro atoms. The van der Waals surface area contributed by atoms with Gasteiger partial charge in [-0.2, -0.15) is 5.26 Å². The lowest BCUT2D eigenvalue weighted by molar-refractivity contribution is -0.0175. The summed E-state index contributed by atoms with van der Waals surface area (Å²) in [5.74, 6) is -0.0470. The Morgan fingerprint density at radius 2 is 2.10 bits per heavy atom. The summed E-state index contributed by atoms with van der Waals surface area (Å²) in [5, 5.41) is 8.79. The number of rotatable bonds is 6. The standard InChI is InChI=1S/C14H18N2O3S/c15-11-12-4-3-7-14(10-12)20(17,18)9-8-16-19-13-5-1-2-6-13/h3-4,7,10,13,16H,1-2,5-6,8-9H2. The predicted molar refractivity (Wildman–Crippen MR) is 74.6 cm³/mol. The van der Waals surface area contributed by atoms with E-state index in [1.54, 1.807) is 12.1 Å². The van der Waals surface area contributed by atoms with Crippen LogP contribution >= 0.6 is 0 Å². The zero-order valence-corrected chi connectivity index (χ0v) is 12.0. The summed E-state index contributed by atoms with van der Waals surface area (Å²) >= 11 is 0. The van der Waals surface area contributed by atoms with E-state index in [1.807, 2.05) is 6.07 Å². The van der Waals surface area contributed by atoms with Crippen LogP contribution in [-0.4, -0.2) is 26.8 Å². The highest BCUT2D eigenvalue weighted by Gasteiger charge is 2.17.